The van der Waals surface area contributed by atoms with Gasteiger partial charge in [0.1, 0.15) is 22.8 Å². The summed E-state index contributed by atoms with van der Waals surface area (Å²) in [4.78, 5) is 40.4. The average Bonchev–Trinajstić information content (AvgIpc) is 2.99. The Morgan fingerprint density at radius 1 is 1.05 bits per heavy atom. The maximum Gasteiger partial charge on any atom is 0.407 e. The van der Waals surface area contributed by atoms with Crippen LogP contribution in [-0.2, 0) is 14.2 Å². The van der Waals surface area contributed by atoms with Gasteiger partial charge in [-0.15, -0.1) is 0 Å². The van der Waals surface area contributed by atoms with E-state index < -0.39 is 28.7 Å². The first-order valence-corrected chi connectivity index (χ1v) is 16.2. The molecule has 1 saturated carbocycles. The first-order chi connectivity index (χ1) is 21.1. The summed E-state index contributed by atoms with van der Waals surface area (Å²) in [7, 11) is 1.64. The first-order valence-electron chi connectivity index (χ1n) is 16.2. The average molecular weight is 616 g/mol. The Hall–Kier alpha value is -2.98. The van der Waals surface area contributed by atoms with Crippen LogP contribution in [0.25, 0.3) is 0 Å². The predicted molar refractivity (Wildman–Crippen MR) is 171 cm³/mol. The monoisotopic (exact) mass is 615 g/mol. The minimum absolute atomic E-state index is 0.0766. The lowest BCUT2D eigenvalue weighted by Crippen LogP contribution is -2.49. The van der Waals surface area contributed by atoms with E-state index in [2.05, 4.69) is 10.6 Å². The molecule has 4 rings (SSSR count). The van der Waals surface area contributed by atoms with Crippen molar-refractivity contribution in [3.05, 3.63) is 56.1 Å². The minimum Gasteiger partial charge on any atom is -0.444 e. The Morgan fingerprint density at radius 2 is 1.80 bits per heavy atom. The number of carbonyl (C=O) groups excluding carboxylic acids is 1. The summed E-state index contributed by atoms with van der Waals surface area (Å²) in [6.45, 7) is 7.76. The smallest absolute Gasteiger partial charge is 0.407 e. The second kappa shape index (κ2) is 15.8. The van der Waals surface area contributed by atoms with Gasteiger partial charge in [-0.3, -0.25) is 9.59 Å². The standard InChI is InChI=1S/C34H50FN3O6/c1-34(2,3)44-33(41)36-21-25(20-23-12-6-5-7-13-23)37-28-29(31(40)30(28)39)38-17-10-14-24(22-38)32(43-19-11-18-42-4)26-15-8-9-16-27(26)35/h8-9,15-16,23-25,32,37H,5-7,10-14,17-22H2,1-4H3,(H,36,41)/t24?,25-,32?/m0/s1. The van der Waals surface area contributed by atoms with E-state index in [0.29, 0.717) is 55.6 Å². The van der Waals surface area contributed by atoms with Crippen molar-refractivity contribution in [2.24, 2.45) is 11.8 Å². The predicted octanol–water partition coefficient (Wildman–Crippen LogP) is 5.71. The van der Waals surface area contributed by atoms with Crippen LogP contribution < -0.4 is 26.4 Å². The van der Waals surface area contributed by atoms with E-state index in [1.165, 1.54) is 25.3 Å². The molecule has 2 fully saturated rings. The maximum absolute atomic E-state index is 15.0. The Labute approximate surface area is 260 Å². The van der Waals surface area contributed by atoms with Gasteiger partial charge in [-0.05, 0) is 58.4 Å². The van der Waals surface area contributed by atoms with Crippen molar-refractivity contribution < 1.29 is 23.4 Å². The Morgan fingerprint density at radius 3 is 2.50 bits per heavy atom. The van der Waals surface area contributed by atoms with Gasteiger partial charge < -0.3 is 29.7 Å². The highest BCUT2D eigenvalue weighted by Gasteiger charge is 2.35. The Balaban J connectivity index is 1.51. The van der Waals surface area contributed by atoms with Crippen LogP contribution in [0.4, 0.5) is 20.6 Å². The van der Waals surface area contributed by atoms with Crippen molar-refractivity contribution >= 4 is 17.5 Å². The molecule has 1 heterocycles. The molecule has 2 aromatic rings. The normalized spacial score (nSPS) is 19.5. The van der Waals surface area contributed by atoms with Gasteiger partial charge in [-0.25, -0.2) is 9.18 Å². The number of anilines is 2. The van der Waals surface area contributed by atoms with Gasteiger partial charge >= 0.3 is 6.09 Å². The number of benzene rings is 1. The van der Waals surface area contributed by atoms with Gasteiger partial charge in [0.05, 0.1) is 6.10 Å². The molecule has 2 unspecified atom stereocenters. The van der Waals surface area contributed by atoms with Gasteiger partial charge in [0, 0.05) is 57.5 Å². The lowest BCUT2D eigenvalue weighted by molar-refractivity contribution is -0.00433. The fraction of sp³-hybridized carbons (Fsp3) is 0.676. The van der Waals surface area contributed by atoms with E-state index >= 15 is 0 Å². The van der Waals surface area contributed by atoms with Crippen LogP contribution >= 0.6 is 0 Å². The van der Waals surface area contributed by atoms with E-state index in [9.17, 15) is 18.8 Å². The molecule has 2 aliphatic rings. The highest BCUT2D eigenvalue weighted by Crippen LogP contribution is 2.37. The van der Waals surface area contributed by atoms with Gasteiger partial charge in [0.25, 0.3) is 10.9 Å². The number of hydrogen-bond acceptors (Lipinski definition) is 8. The number of methoxy groups -OCH3 is 1. The number of rotatable bonds is 14. The lowest BCUT2D eigenvalue weighted by Gasteiger charge is -2.39. The van der Waals surface area contributed by atoms with Crippen molar-refractivity contribution in [2.75, 3.05) is 50.2 Å². The van der Waals surface area contributed by atoms with Crippen LogP contribution in [0.2, 0.25) is 0 Å². The number of nitrogens with zero attached hydrogens (tertiary/aromatic N) is 1. The summed E-state index contributed by atoms with van der Waals surface area (Å²) in [5.41, 5.74) is -0.465. The SMILES string of the molecule is COCCCOC(c1ccccc1F)C1CCCN(c2c(N[C@H](CNC(=O)OC(C)(C)C)CC3CCCCC3)c(=O)c2=O)C1. The van der Waals surface area contributed by atoms with E-state index in [1.807, 2.05) is 25.7 Å². The van der Waals surface area contributed by atoms with Gasteiger partial charge in [0.15, 0.2) is 0 Å². The number of amides is 1. The van der Waals surface area contributed by atoms with Crippen molar-refractivity contribution in [1.29, 1.82) is 0 Å². The molecule has 9 nitrogen and oxygen atoms in total. The largest absolute Gasteiger partial charge is 0.444 e. The molecule has 244 valence electrons. The number of ether oxygens (including phenoxy) is 3. The quantitative estimate of drug-likeness (QED) is 0.206. The number of nitrogens with one attached hydrogen (secondary N) is 2. The number of carbonyl (C=O) groups is 1. The van der Waals surface area contributed by atoms with Gasteiger partial charge in [0.2, 0.25) is 0 Å². The summed E-state index contributed by atoms with van der Waals surface area (Å²) >= 11 is 0. The van der Waals surface area contributed by atoms with Crippen LogP contribution in [-0.4, -0.2) is 57.7 Å². The van der Waals surface area contributed by atoms with E-state index in [4.69, 9.17) is 14.2 Å². The molecule has 1 saturated heterocycles. The zero-order valence-corrected chi connectivity index (χ0v) is 26.8. The molecule has 0 bridgehead atoms. The topological polar surface area (TPSA) is 106 Å². The zero-order valence-electron chi connectivity index (χ0n) is 26.8. The fourth-order valence-electron chi connectivity index (χ4n) is 6.62. The summed E-state index contributed by atoms with van der Waals surface area (Å²) in [6.07, 6.45) is 7.85. The first kappa shape index (κ1) is 33.9. The lowest BCUT2D eigenvalue weighted by atomic mass is 9.84. The van der Waals surface area contributed by atoms with E-state index in [1.54, 1.807) is 25.3 Å². The number of hydrogen-bond donors (Lipinski definition) is 2. The second-order valence-corrected chi connectivity index (χ2v) is 13.4. The highest BCUT2D eigenvalue weighted by atomic mass is 19.1. The highest BCUT2D eigenvalue weighted by molar-refractivity contribution is 5.76. The molecule has 44 heavy (non-hydrogen) atoms. The maximum atomic E-state index is 15.0. The Kier molecular flexibility index (Phi) is 12.2. The summed E-state index contributed by atoms with van der Waals surface area (Å²) in [5.74, 6) is 0.0842. The van der Waals surface area contributed by atoms with Crippen molar-refractivity contribution in [3.8, 4) is 0 Å². The number of halogens is 1. The molecule has 0 radical (unpaired) electrons. The molecular formula is C34H50FN3O6. The summed E-state index contributed by atoms with van der Waals surface area (Å²) < 4.78 is 31.8. The van der Waals surface area contributed by atoms with E-state index in [-0.39, 0.29) is 24.3 Å². The molecule has 1 aliphatic carbocycles. The summed E-state index contributed by atoms with van der Waals surface area (Å²) in [5, 5.41) is 6.23. The molecular weight excluding hydrogens is 565 g/mol. The molecule has 3 atom stereocenters. The molecule has 2 N–H and O–H groups in total. The summed E-state index contributed by atoms with van der Waals surface area (Å²) in [6, 6.07) is 6.44. The molecule has 1 amide bonds. The number of piperidine rings is 1. The minimum atomic E-state index is -0.624. The van der Waals surface area contributed by atoms with Crippen molar-refractivity contribution in [2.45, 2.75) is 96.3 Å². The van der Waals surface area contributed by atoms with Crippen molar-refractivity contribution in [1.82, 2.24) is 5.32 Å². The third-order valence-electron chi connectivity index (χ3n) is 8.67. The Bertz CT molecular complexity index is 1280. The van der Waals surface area contributed by atoms with Crippen molar-refractivity contribution in [3.63, 3.8) is 0 Å². The van der Waals surface area contributed by atoms with Crippen LogP contribution in [0.5, 0.6) is 0 Å². The molecule has 0 aromatic heterocycles. The van der Waals surface area contributed by atoms with Gasteiger partial charge in [-0.1, -0.05) is 50.3 Å². The van der Waals surface area contributed by atoms with E-state index in [0.717, 1.165) is 32.1 Å². The molecule has 10 heteroatoms. The van der Waals surface area contributed by atoms with Gasteiger partial charge in [-0.2, -0.15) is 0 Å². The third-order valence-corrected chi connectivity index (χ3v) is 8.67. The third kappa shape index (κ3) is 9.27. The zero-order chi connectivity index (χ0) is 31.7. The molecule has 2 aromatic carbocycles. The number of alkyl carbamates (subject to hydrolysis) is 1. The molecule has 1 aliphatic heterocycles. The van der Waals surface area contributed by atoms with Crippen LogP contribution in [0, 0.1) is 17.7 Å². The second-order valence-electron chi connectivity index (χ2n) is 13.4. The molecule has 0 spiro atoms. The van der Waals surface area contributed by atoms with Crippen LogP contribution in [0.1, 0.15) is 90.2 Å². The fourth-order valence-corrected chi connectivity index (χ4v) is 6.62. The van der Waals surface area contributed by atoms with Crippen LogP contribution in [0.15, 0.2) is 33.9 Å². The van der Waals surface area contributed by atoms with Crippen LogP contribution in [0.3, 0.4) is 0 Å².